The lowest BCUT2D eigenvalue weighted by Gasteiger charge is -2.02. The lowest BCUT2D eigenvalue weighted by Crippen LogP contribution is -2.04. The van der Waals surface area contributed by atoms with E-state index in [4.69, 9.17) is 0 Å². The molecule has 1 aromatic carbocycles. The molecule has 0 aliphatic heterocycles. The largest absolute Gasteiger partial charge is 0.271 e. The molecule has 2 rings (SSSR count). The molecule has 1 heterocycles. The molecule has 2 aromatic rings. The second-order valence-corrected chi connectivity index (χ2v) is 4.49. The van der Waals surface area contributed by atoms with Crippen LogP contribution in [0.25, 0.3) is 10.9 Å². The minimum absolute atomic E-state index is 0.643. The van der Waals surface area contributed by atoms with Gasteiger partial charge in [0.05, 0.1) is 5.52 Å². The number of aromatic nitrogens is 2. The van der Waals surface area contributed by atoms with Gasteiger partial charge >= 0.3 is 0 Å². The Morgan fingerprint density at radius 1 is 1.33 bits per heavy atom. The second kappa shape index (κ2) is 4.05. The summed E-state index contributed by atoms with van der Waals surface area (Å²) in [7, 11) is 0. The molecule has 0 aliphatic carbocycles. The molecule has 0 unspecified atom stereocenters. The van der Waals surface area contributed by atoms with Gasteiger partial charge in [0, 0.05) is 18.1 Å². The summed E-state index contributed by atoms with van der Waals surface area (Å²) in [5, 5.41) is 5.80. The number of rotatable bonds is 3. The summed E-state index contributed by atoms with van der Waals surface area (Å²) < 4.78 is 2.05. The molecule has 1 aromatic heterocycles. The first kappa shape index (κ1) is 10.2. The number of aryl methyl sites for hydroxylation is 1. The summed E-state index contributed by atoms with van der Waals surface area (Å²) in [6, 6.07) is 6.51. The predicted octanol–water partition coefficient (Wildman–Crippen LogP) is 3.25. The van der Waals surface area contributed by atoms with Gasteiger partial charge in [0.2, 0.25) is 0 Å². The molecule has 0 saturated carbocycles. The van der Waals surface area contributed by atoms with Gasteiger partial charge in [-0.25, -0.2) is 0 Å². The highest BCUT2D eigenvalue weighted by molar-refractivity contribution is 5.78. The zero-order valence-corrected chi connectivity index (χ0v) is 9.70. The molecule has 80 valence electrons. The van der Waals surface area contributed by atoms with Gasteiger partial charge in [0.1, 0.15) is 0 Å². The van der Waals surface area contributed by atoms with Crippen LogP contribution in [0, 0.1) is 5.92 Å². The molecule has 0 atom stereocenters. The van der Waals surface area contributed by atoms with Crippen molar-refractivity contribution >= 4 is 10.9 Å². The molecular formula is C13H18N2. The average Bonchev–Trinajstić information content (AvgIpc) is 2.57. The van der Waals surface area contributed by atoms with Crippen LogP contribution in [-0.4, -0.2) is 9.78 Å². The highest BCUT2D eigenvalue weighted by Gasteiger charge is 2.02. The SMILES string of the molecule is CCc1ccc2nn(CC(C)C)cc2c1. The fraction of sp³-hybridized carbons (Fsp3) is 0.462. The minimum atomic E-state index is 0.643. The Morgan fingerprint density at radius 2 is 2.13 bits per heavy atom. The summed E-state index contributed by atoms with van der Waals surface area (Å²) in [4.78, 5) is 0. The van der Waals surface area contributed by atoms with E-state index in [0.717, 1.165) is 18.5 Å². The van der Waals surface area contributed by atoms with E-state index in [1.165, 1.54) is 10.9 Å². The Morgan fingerprint density at radius 3 is 2.80 bits per heavy atom. The van der Waals surface area contributed by atoms with Crippen molar-refractivity contribution < 1.29 is 0 Å². The first-order chi connectivity index (χ1) is 7.19. The topological polar surface area (TPSA) is 17.8 Å². The van der Waals surface area contributed by atoms with Crippen molar-refractivity contribution in [2.75, 3.05) is 0 Å². The van der Waals surface area contributed by atoms with E-state index in [0.29, 0.717) is 5.92 Å². The molecule has 0 spiro atoms. The molecule has 0 radical (unpaired) electrons. The van der Waals surface area contributed by atoms with E-state index in [-0.39, 0.29) is 0 Å². The molecular weight excluding hydrogens is 184 g/mol. The molecule has 0 fully saturated rings. The summed E-state index contributed by atoms with van der Waals surface area (Å²) in [6.45, 7) is 7.60. The Labute approximate surface area is 90.9 Å². The van der Waals surface area contributed by atoms with E-state index in [1.807, 2.05) is 0 Å². The molecule has 2 nitrogen and oxygen atoms in total. The molecule has 0 N–H and O–H groups in total. The van der Waals surface area contributed by atoms with Crippen LogP contribution in [0.4, 0.5) is 0 Å². The van der Waals surface area contributed by atoms with Crippen molar-refractivity contribution in [1.29, 1.82) is 0 Å². The minimum Gasteiger partial charge on any atom is -0.271 e. The van der Waals surface area contributed by atoms with Gasteiger partial charge in [-0.1, -0.05) is 26.8 Å². The van der Waals surface area contributed by atoms with Crippen molar-refractivity contribution in [3.05, 3.63) is 30.0 Å². The Bertz CT molecular complexity index is 455. The molecule has 0 saturated heterocycles. The van der Waals surface area contributed by atoms with Crippen LogP contribution >= 0.6 is 0 Å². The lowest BCUT2D eigenvalue weighted by molar-refractivity contribution is 0.486. The van der Waals surface area contributed by atoms with E-state index >= 15 is 0 Å². The number of benzene rings is 1. The third kappa shape index (κ3) is 2.20. The van der Waals surface area contributed by atoms with Gasteiger partial charge in [-0.05, 0) is 30.0 Å². The van der Waals surface area contributed by atoms with Crippen LogP contribution in [-0.2, 0) is 13.0 Å². The molecule has 0 amide bonds. The van der Waals surface area contributed by atoms with Crippen molar-refractivity contribution in [3.8, 4) is 0 Å². The number of fused-ring (bicyclic) bond motifs is 1. The van der Waals surface area contributed by atoms with Crippen LogP contribution in [0.15, 0.2) is 24.4 Å². The molecule has 0 aliphatic rings. The zero-order valence-electron chi connectivity index (χ0n) is 9.70. The van der Waals surface area contributed by atoms with Gasteiger partial charge in [-0.2, -0.15) is 5.10 Å². The number of nitrogens with zero attached hydrogens (tertiary/aromatic N) is 2. The van der Waals surface area contributed by atoms with Crippen molar-refractivity contribution in [2.24, 2.45) is 5.92 Å². The van der Waals surface area contributed by atoms with Gasteiger partial charge < -0.3 is 0 Å². The first-order valence-electron chi connectivity index (χ1n) is 5.65. The van der Waals surface area contributed by atoms with Crippen LogP contribution < -0.4 is 0 Å². The van der Waals surface area contributed by atoms with E-state index in [2.05, 4.69) is 54.9 Å². The summed E-state index contributed by atoms with van der Waals surface area (Å²) in [5.74, 6) is 0.643. The lowest BCUT2D eigenvalue weighted by atomic mass is 10.1. The molecule has 0 bridgehead atoms. The monoisotopic (exact) mass is 202 g/mol. The fourth-order valence-corrected chi connectivity index (χ4v) is 1.81. The van der Waals surface area contributed by atoms with Crippen LogP contribution in [0.2, 0.25) is 0 Å². The van der Waals surface area contributed by atoms with Gasteiger partial charge in [-0.15, -0.1) is 0 Å². The molecule has 2 heteroatoms. The van der Waals surface area contributed by atoms with Gasteiger partial charge in [0.15, 0.2) is 0 Å². The highest BCUT2D eigenvalue weighted by Crippen LogP contribution is 2.15. The van der Waals surface area contributed by atoms with E-state index in [1.54, 1.807) is 0 Å². The standard InChI is InChI=1S/C13H18N2/c1-4-11-5-6-13-12(7-11)9-15(14-13)8-10(2)3/h5-7,9-10H,4,8H2,1-3H3. The maximum atomic E-state index is 4.54. The second-order valence-electron chi connectivity index (χ2n) is 4.49. The van der Waals surface area contributed by atoms with Crippen molar-refractivity contribution in [1.82, 2.24) is 9.78 Å². The van der Waals surface area contributed by atoms with Gasteiger partial charge in [-0.3, -0.25) is 4.68 Å². The highest BCUT2D eigenvalue weighted by atomic mass is 15.3. The summed E-state index contributed by atoms with van der Waals surface area (Å²) >= 11 is 0. The third-order valence-corrected chi connectivity index (χ3v) is 2.58. The maximum Gasteiger partial charge on any atom is 0.0923 e. The zero-order chi connectivity index (χ0) is 10.8. The third-order valence-electron chi connectivity index (χ3n) is 2.58. The normalized spacial score (nSPS) is 11.5. The van der Waals surface area contributed by atoms with Crippen molar-refractivity contribution in [3.63, 3.8) is 0 Å². The summed E-state index contributed by atoms with van der Waals surface area (Å²) in [5.41, 5.74) is 2.49. The van der Waals surface area contributed by atoms with E-state index < -0.39 is 0 Å². The number of hydrogen-bond donors (Lipinski definition) is 0. The first-order valence-corrected chi connectivity index (χ1v) is 5.65. The fourth-order valence-electron chi connectivity index (χ4n) is 1.81. The summed E-state index contributed by atoms with van der Waals surface area (Å²) in [6.07, 6.45) is 3.24. The predicted molar refractivity (Wildman–Crippen MR) is 63.9 cm³/mol. The Kier molecular flexibility index (Phi) is 2.76. The number of hydrogen-bond acceptors (Lipinski definition) is 1. The van der Waals surface area contributed by atoms with Crippen LogP contribution in [0.5, 0.6) is 0 Å². The Hall–Kier alpha value is -1.31. The average molecular weight is 202 g/mol. The molecule has 15 heavy (non-hydrogen) atoms. The maximum absolute atomic E-state index is 4.54. The van der Waals surface area contributed by atoms with Crippen LogP contribution in [0.1, 0.15) is 26.3 Å². The van der Waals surface area contributed by atoms with E-state index in [9.17, 15) is 0 Å². The van der Waals surface area contributed by atoms with Gasteiger partial charge in [0.25, 0.3) is 0 Å². The van der Waals surface area contributed by atoms with Crippen LogP contribution in [0.3, 0.4) is 0 Å². The Balaban J connectivity index is 2.37. The smallest absolute Gasteiger partial charge is 0.0923 e. The quantitative estimate of drug-likeness (QED) is 0.747. The van der Waals surface area contributed by atoms with Crippen molar-refractivity contribution in [2.45, 2.75) is 33.7 Å².